The van der Waals surface area contributed by atoms with Gasteiger partial charge < -0.3 is 9.47 Å². The lowest BCUT2D eigenvalue weighted by molar-refractivity contribution is 0.0522. The molecule has 0 aliphatic rings. The number of aromatic nitrogens is 1. The van der Waals surface area contributed by atoms with Crippen LogP contribution in [0.5, 0.6) is 0 Å². The summed E-state index contributed by atoms with van der Waals surface area (Å²) in [7, 11) is 1.21. The molecular formula is C18H19ClN2O5. The molecule has 0 fully saturated rings. The summed E-state index contributed by atoms with van der Waals surface area (Å²) in [6, 6.07) is 6.53. The number of carbonyl (C=O) groups is 3. The first kappa shape index (κ1) is 19.5. The van der Waals surface area contributed by atoms with Crippen molar-refractivity contribution in [1.29, 1.82) is 0 Å². The second-order valence-electron chi connectivity index (χ2n) is 5.39. The van der Waals surface area contributed by atoms with Crippen LogP contribution in [-0.4, -0.2) is 36.2 Å². The third-order valence-electron chi connectivity index (χ3n) is 3.86. The second-order valence-corrected chi connectivity index (χ2v) is 5.80. The van der Waals surface area contributed by atoms with Crippen molar-refractivity contribution in [2.45, 2.75) is 20.8 Å². The van der Waals surface area contributed by atoms with E-state index in [4.69, 9.17) is 16.3 Å². The van der Waals surface area contributed by atoms with Gasteiger partial charge in [-0.3, -0.25) is 9.47 Å². The van der Waals surface area contributed by atoms with E-state index in [-0.39, 0.29) is 28.3 Å². The zero-order valence-electron chi connectivity index (χ0n) is 14.9. The summed E-state index contributed by atoms with van der Waals surface area (Å²) in [5, 5.41) is 0.262. The normalized spacial score (nSPS) is 10.3. The maximum Gasteiger partial charge on any atom is 0.426 e. The molecular weight excluding hydrogens is 360 g/mol. The first-order valence-electron chi connectivity index (χ1n) is 7.86. The number of halogens is 1. The van der Waals surface area contributed by atoms with Gasteiger partial charge in [-0.2, -0.15) is 0 Å². The van der Waals surface area contributed by atoms with Gasteiger partial charge in [0.05, 0.1) is 35.6 Å². The Morgan fingerprint density at radius 2 is 1.73 bits per heavy atom. The smallest absolute Gasteiger partial charge is 0.426 e. The maximum atomic E-state index is 13.1. The molecule has 0 saturated carbocycles. The van der Waals surface area contributed by atoms with E-state index in [1.807, 2.05) is 0 Å². The highest BCUT2D eigenvalue weighted by molar-refractivity contribution is 6.35. The zero-order chi connectivity index (χ0) is 19.4. The fourth-order valence-electron chi connectivity index (χ4n) is 2.65. The lowest BCUT2D eigenvalue weighted by atomic mass is 9.99. The van der Waals surface area contributed by atoms with Crippen molar-refractivity contribution in [3.05, 3.63) is 57.4 Å². The molecule has 8 heteroatoms. The maximum absolute atomic E-state index is 13.1. The van der Waals surface area contributed by atoms with Crippen molar-refractivity contribution >= 4 is 29.4 Å². The van der Waals surface area contributed by atoms with Crippen LogP contribution in [-0.2, 0) is 9.47 Å². The molecule has 0 atom stereocenters. The highest BCUT2D eigenvalue weighted by Crippen LogP contribution is 2.28. The van der Waals surface area contributed by atoms with Gasteiger partial charge in [-0.1, -0.05) is 23.7 Å². The van der Waals surface area contributed by atoms with E-state index in [1.54, 1.807) is 45.0 Å². The highest BCUT2D eigenvalue weighted by atomic mass is 35.5. The molecule has 0 aliphatic carbocycles. The molecule has 138 valence electrons. The predicted molar refractivity (Wildman–Crippen MR) is 96.5 cm³/mol. The Balaban J connectivity index is 2.68. The number of esters is 1. The molecule has 1 heterocycles. The second kappa shape index (κ2) is 8.05. The third kappa shape index (κ3) is 3.57. The molecule has 1 amide bonds. The van der Waals surface area contributed by atoms with E-state index in [0.717, 1.165) is 0 Å². The Labute approximate surface area is 155 Å². The van der Waals surface area contributed by atoms with Crippen LogP contribution in [0.25, 0.3) is 0 Å². The van der Waals surface area contributed by atoms with E-state index in [2.05, 4.69) is 10.2 Å². The number of carbonyl (C=O) groups excluding carboxylic acids is 3. The van der Waals surface area contributed by atoms with Crippen LogP contribution in [0.3, 0.4) is 0 Å². The number of methoxy groups -OCH3 is 1. The van der Waals surface area contributed by atoms with Crippen molar-refractivity contribution < 1.29 is 23.9 Å². The summed E-state index contributed by atoms with van der Waals surface area (Å²) in [6.45, 7) is 5.01. The van der Waals surface area contributed by atoms with E-state index >= 15 is 0 Å². The summed E-state index contributed by atoms with van der Waals surface area (Å²) in [6.07, 6.45) is -0.738. The Hall–Kier alpha value is -2.80. The summed E-state index contributed by atoms with van der Waals surface area (Å²) < 4.78 is 11.0. The SMILES string of the molecule is CCOC(=O)c1c(C(=O)c2ccccc2Cl)c(C)n(NC(=O)OC)c1C. The fourth-order valence-corrected chi connectivity index (χ4v) is 2.87. The molecule has 26 heavy (non-hydrogen) atoms. The molecule has 0 spiro atoms. The molecule has 1 aromatic heterocycles. The first-order valence-corrected chi connectivity index (χ1v) is 8.24. The molecule has 1 aromatic carbocycles. The summed E-state index contributed by atoms with van der Waals surface area (Å²) in [4.78, 5) is 37.2. The molecule has 0 aliphatic heterocycles. The van der Waals surface area contributed by atoms with Gasteiger partial charge in [0.25, 0.3) is 0 Å². The van der Waals surface area contributed by atoms with Crippen LogP contribution >= 0.6 is 11.6 Å². The molecule has 0 radical (unpaired) electrons. The van der Waals surface area contributed by atoms with Gasteiger partial charge in [0.15, 0.2) is 5.78 Å². The van der Waals surface area contributed by atoms with Gasteiger partial charge in [-0.05, 0) is 32.9 Å². The van der Waals surface area contributed by atoms with E-state index in [9.17, 15) is 14.4 Å². The van der Waals surface area contributed by atoms with E-state index in [1.165, 1.54) is 11.8 Å². The van der Waals surface area contributed by atoms with Crippen molar-refractivity contribution in [3.8, 4) is 0 Å². The summed E-state index contributed by atoms with van der Waals surface area (Å²) >= 11 is 6.13. The number of ether oxygens (including phenoxy) is 2. The van der Waals surface area contributed by atoms with Crippen LogP contribution in [0.1, 0.15) is 44.6 Å². The number of nitrogens with zero attached hydrogens (tertiary/aromatic N) is 1. The molecule has 1 N–H and O–H groups in total. The van der Waals surface area contributed by atoms with Gasteiger partial charge >= 0.3 is 12.1 Å². The van der Waals surface area contributed by atoms with Crippen LogP contribution < -0.4 is 5.43 Å². The zero-order valence-corrected chi connectivity index (χ0v) is 15.6. The first-order chi connectivity index (χ1) is 12.3. The molecule has 0 bridgehead atoms. The fraction of sp³-hybridized carbons (Fsp3) is 0.278. The quantitative estimate of drug-likeness (QED) is 0.635. The topological polar surface area (TPSA) is 86.6 Å². The van der Waals surface area contributed by atoms with Crippen molar-refractivity contribution in [2.24, 2.45) is 0 Å². The number of hydrogen-bond donors (Lipinski definition) is 1. The van der Waals surface area contributed by atoms with Crippen LogP contribution in [0, 0.1) is 13.8 Å². The lowest BCUT2D eigenvalue weighted by Crippen LogP contribution is -2.25. The number of hydrogen-bond acceptors (Lipinski definition) is 5. The monoisotopic (exact) mass is 378 g/mol. The van der Waals surface area contributed by atoms with Gasteiger partial charge in [0.2, 0.25) is 0 Å². The van der Waals surface area contributed by atoms with Gasteiger partial charge in [0.1, 0.15) is 0 Å². The highest BCUT2D eigenvalue weighted by Gasteiger charge is 2.30. The average Bonchev–Trinajstić information content (AvgIpc) is 2.86. The third-order valence-corrected chi connectivity index (χ3v) is 4.19. The standard InChI is InChI=1S/C18H19ClN2O5/c1-5-26-17(23)15-11(3)21(20-18(24)25-4)10(2)14(15)16(22)12-8-6-7-9-13(12)19/h6-9H,5H2,1-4H3,(H,20,24). The Morgan fingerprint density at radius 3 is 2.31 bits per heavy atom. The number of benzene rings is 1. The number of ketones is 1. The van der Waals surface area contributed by atoms with Crippen LogP contribution in [0.15, 0.2) is 24.3 Å². The lowest BCUT2D eigenvalue weighted by Gasteiger charge is -2.10. The van der Waals surface area contributed by atoms with E-state index in [0.29, 0.717) is 11.4 Å². The minimum Gasteiger partial charge on any atom is -0.462 e. The van der Waals surface area contributed by atoms with E-state index < -0.39 is 17.8 Å². The van der Waals surface area contributed by atoms with Gasteiger partial charge in [0, 0.05) is 11.3 Å². The van der Waals surface area contributed by atoms with Gasteiger partial charge in [-0.15, -0.1) is 0 Å². The largest absolute Gasteiger partial charge is 0.462 e. The minimum atomic E-state index is -0.738. The van der Waals surface area contributed by atoms with Gasteiger partial charge in [-0.25, -0.2) is 15.0 Å². The Bertz CT molecular complexity index is 873. The molecule has 2 aromatic rings. The Kier molecular flexibility index (Phi) is 6.05. The molecule has 2 rings (SSSR count). The predicted octanol–water partition coefficient (Wildman–Crippen LogP) is 3.48. The minimum absolute atomic E-state index is 0.0747. The molecule has 0 unspecified atom stereocenters. The van der Waals surface area contributed by atoms with Crippen molar-refractivity contribution in [1.82, 2.24) is 4.68 Å². The average molecular weight is 379 g/mol. The number of rotatable bonds is 5. The number of amides is 1. The molecule has 7 nitrogen and oxygen atoms in total. The molecule has 0 saturated heterocycles. The summed E-state index contributed by atoms with van der Waals surface area (Å²) in [5.41, 5.74) is 3.62. The van der Waals surface area contributed by atoms with Crippen molar-refractivity contribution in [2.75, 3.05) is 19.1 Å². The van der Waals surface area contributed by atoms with Crippen LogP contribution in [0.4, 0.5) is 4.79 Å². The number of nitrogens with one attached hydrogen (secondary N) is 1. The Morgan fingerprint density at radius 1 is 1.12 bits per heavy atom. The summed E-state index contributed by atoms with van der Waals surface area (Å²) in [5.74, 6) is -1.10. The van der Waals surface area contributed by atoms with Crippen LogP contribution in [0.2, 0.25) is 5.02 Å². The van der Waals surface area contributed by atoms with Crippen molar-refractivity contribution in [3.63, 3.8) is 0 Å².